The van der Waals surface area contributed by atoms with E-state index in [0.717, 1.165) is 5.56 Å². The van der Waals surface area contributed by atoms with Crippen LogP contribution >= 0.6 is 0 Å². The second-order valence-electron chi connectivity index (χ2n) is 4.29. The predicted octanol–water partition coefficient (Wildman–Crippen LogP) is 3.08. The number of hydrogen-bond acceptors (Lipinski definition) is 3. The first-order chi connectivity index (χ1) is 9.22. The molecule has 1 aromatic carbocycles. The van der Waals surface area contributed by atoms with Gasteiger partial charge in [0.15, 0.2) is 5.82 Å². The van der Waals surface area contributed by atoms with Crippen molar-refractivity contribution in [2.24, 2.45) is 0 Å². The van der Waals surface area contributed by atoms with Gasteiger partial charge in [-0.2, -0.15) is 0 Å². The average Bonchev–Trinajstić information content (AvgIpc) is 2.44. The molecule has 3 nitrogen and oxygen atoms in total. The van der Waals surface area contributed by atoms with Gasteiger partial charge in [-0.1, -0.05) is 30.3 Å². The largest absolute Gasteiger partial charge is 0.468 e. The molecule has 0 aliphatic rings. The molecule has 0 amide bonds. The molecule has 1 N–H and O–H groups in total. The molecule has 0 radical (unpaired) electrons. The summed E-state index contributed by atoms with van der Waals surface area (Å²) in [6.07, 6.45) is 1.32. The molecule has 19 heavy (non-hydrogen) atoms. The van der Waals surface area contributed by atoms with Crippen LogP contribution in [0.2, 0.25) is 0 Å². The van der Waals surface area contributed by atoms with Crippen LogP contribution in [0, 0.1) is 5.82 Å². The number of ether oxygens (including phenoxy) is 1. The average molecular weight is 260 g/mol. The number of aromatic nitrogens is 1. The van der Waals surface area contributed by atoms with Gasteiger partial charge in [-0.3, -0.25) is 0 Å². The summed E-state index contributed by atoms with van der Waals surface area (Å²) in [5.41, 5.74) is 1.54. The molecule has 0 aliphatic carbocycles. The molecule has 0 saturated heterocycles. The van der Waals surface area contributed by atoms with E-state index in [1.54, 1.807) is 19.3 Å². The van der Waals surface area contributed by atoms with Crippen molar-refractivity contribution in [3.8, 4) is 5.88 Å². The SMILES string of the molecule is CNCc1ccnc(OC(C)c2ccccc2)c1F. The van der Waals surface area contributed by atoms with E-state index in [-0.39, 0.29) is 12.0 Å². The zero-order valence-corrected chi connectivity index (χ0v) is 11.1. The molecule has 2 aromatic rings. The monoisotopic (exact) mass is 260 g/mol. The van der Waals surface area contributed by atoms with Gasteiger partial charge < -0.3 is 10.1 Å². The van der Waals surface area contributed by atoms with Crippen LogP contribution in [0.25, 0.3) is 0 Å². The van der Waals surface area contributed by atoms with Gasteiger partial charge in [-0.25, -0.2) is 9.37 Å². The van der Waals surface area contributed by atoms with Gasteiger partial charge in [0.2, 0.25) is 0 Å². The van der Waals surface area contributed by atoms with E-state index >= 15 is 0 Å². The lowest BCUT2D eigenvalue weighted by atomic mass is 10.1. The number of halogens is 1. The summed E-state index contributed by atoms with van der Waals surface area (Å²) in [6.45, 7) is 2.33. The molecule has 2 rings (SSSR count). The van der Waals surface area contributed by atoms with Gasteiger partial charge in [0.25, 0.3) is 5.88 Å². The Hall–Kier alpha value is -1.94. The van der Waals surface area contributed by atoms with Crippen LogP contribution in [0.4, 0.5) is 4.39 Å². The minimum Gasteiger partial charge on any atom is -0.468 e. The number of rotatable bonds is 5. The zero-order chi connectivity index (χ0) is 13.7. The Bertz CT molecular complexity index is 531. The minimum absolute atomic E-state index is 0.0455. The fourth-order valence-electron chi connectivity index (χ4n) is 1.83. The highest BCUT2D eigenvalue weighted by molar-refractivity contribution is 5.25. The molecular weight excluding hydrogens is 243 g/mol. The highest BCUT2D eigenvalue weighted by Crippen LogP contribution is 2.23. The Kier molecular flexibility index (Phi) is 4.47. The van der Waals surface area contributed by atoms with E-state index in [4.69, 9.17) is 4.74 Å². The summed E-state index contributed by atoms with van der Waals surface area (Å²) >= 11 is 0. The first-order valence-electron chi connectivity index (χ1n) is 6.22. The highest BCUT2D eigenvalue weighted by Gasteiger charge is 2.14. The highest BCUT2D eigenvalue weighted by atomic mass is 19.1. The van der Waals surface area contributed by atoms with Crippen molar-refractivity contribution in [2.45, 2.75) is 19.6 Å². The molecule has 0 aliphatic heterocycles. The van der Waals surface area contributed by atoms with Crippen molar-refractivity contribution in [1.82, 2.24) is 10.3 Å². The Morgan fingerprint density at radius 2 is 2.00 bits per heavy atom. The van der Waals surface area contributed by atoms with Crippen molar-refractivity contribution in [3.63, 3.8) is 0 Å². The van der Waals surface area contributed by atoms with E-state index in [1.807, 2.05) is 37.3 Å². The normalized spacial score (nSPS) is 12.2. The summed E-state index contributed by atoms with van der Waals surface area (Å²) in [5, 5.41) is 2.91. The van der Waals surface area contributed by atoms with Gasteiger partial charge in [-0.15, -0.1) is 0 Å². The molecule has 1 unspecified atom stereocenters. The third kappa shape index (κ3) is 3.29. The molecule has 4 heteroatoms. The molecule has 0 saturated carbocycles. The van der Waals surface area contributed by atoms with E-state index < -0.39 is 5.82 Å². The van der Waals surface area contributed by atoms with Crippen molar-refractivity contribution in [2.75, 3.05) is 7.05 Å². The molecule has 1 atom stereocenters. The fraction of sp³-hybridized carbons (Fsp3) is 0.267. The molecule has 0 spiro atoms. The summed E-state index contributed by atoms with van der Waals surface area (Å²) in [5.74, 6) is -0.358. The number of hydrogen-bond donors (Lipinski definition) is 1. The lowest BCUT2D eigenvalue weighted by molar-refractivity contribution is 0.205. The summed E-state index contributed by atoms with van der Waals surface area (Å²) in [6, 6.07) is 11.3. The molecule has 0 fully saturated rings. The first kappa shape index (κ1) is 13.5. The smallest absolute Gasteiger partial charge is 0.251 e. The Morgan fingerprint density at radius 3 is 2.68 bits per heavy atom. The van der Waals surface area contributed by atoms with E-state index in [1.165, 1.54) is 0 Å². The summed E-state index contributed by atoms with van der Waals surface area (Å²) < 4.78 is 19.7. The number of benzene rings is 1. The van der Waals surface area contributed by atoms with Gasteiger partial charge in [0.05, 0.1) is 0 Å². The van der Waals surface area contributed by atoms with Gasteiger partial charge in [0.1, 0.15) is 6.10 Å². The van der Waals surface area contributed by atoms with Crippen molar-refractivity contribution >= 4 is 0 Å². The number of nitrogens with one attached hydrogen (secondary N) is 1. The summed E-state index contributed by atoms with van der Waals surface area (Å²) in [7, 11) is 1.77. The second-order valence-corrected chi connectivity index (χ2v) is 4.29. The van der Waals surface area contributed by atoms with Crippen LogP contribution in [-0.4, -0.2) is 12.0 Å². The standard InChI is InChI=1S/C15H17FN2O/c1-11(12-6-4-3-5-7-12)19-15-14(16)13(10-17-2)8-9-18-15/h3-9,11,17H,10H2,1-2H3. The Labute approximate surface area is 112 Å². The number of pyridine rings is 1. The number of nitrogens with zero attached hydrogens (tertiary/aromatic N) is 1. The predicted molar refractivity (Wildman–Crippen MR) is 72.4 cm³/mol. The maximum atomic E-state index is 14.1. The zero-order valence-electron chi connectivity index (χ0n) is 11.1. The van der Waals surface area contributed by atoms with E-state index in [9.17, 15) is 4.39 Å². The van der Waals surface area contributed by atoms with Crippen molar-refractivity contribution in [1.29, 1.82) is 0 Å². The van der Waals surface area contributed by atoms with Crippen molar-refractivity contribution in [3.05, 3.63) is 59.5 Å². The lowest BCUT2D eigenvalue weighted by Crippen LogP contribution is -2.10. The molecular formula is C15H17FN2O. The first-order valence-corrected chi connectivity index (χ1v) is 6.22. The Balaban J connectivity index is 2.17. The van der Waals surface area contributed by atoms with Crippen LogP contribution in [0.15, 0.2) is 42.6 Å². The third-order valence-electron chi connectivity index (χ3n) is 2.86. The second kappa shape index (κ2) is 6.29. The van der Waals surface area contributed by atoms with Crippen LogP contribution in [-0.2, 0) is 6.54 Å². The maximum absolute atomic E-state index is 14.1. The lowest BCUT2D eigenvalue weighted by Gasteiger charge is -2.15. The quantitative estimate of drug-likeness (QED) is 0.897. The molecule has 0 bridgehead atoms. The Morgan fingerprint density at radius 1 is 1.26 bits per heavy atom. The maximum Gasteiger partial charge on any atom is 0.251 e. The van der Waals surface area contributed by atoms with Gasteiger partial charge in [-0.05, 0) is 25.6 Å². The van der Waals surface area contributed by atoms with Crippen LogP contribution in [0.5, 0.6) is 5.88 Å². The molecule has 100 valence electrons. The van der Waals surface area contributed by atoms with E-state index in [0.29, 0.717) is 12.1 Å². The van der Waals surface area contributed by atoms with Crippen LogP contribution < -0.4 is 10.1 Å². The molecule has 1 heterocycles. The minimum atomic E-state index is -0.403. The third-order valence-corrected chi connectivity index (χ3v) is 2.86. The van der Waals surface area contributed by atoms with Gasteiger partial charge >= 0.3 is 0 Å². The van der Waals surface area contributed by atoms with Crippen LogP contribution in [0.1, 0.15) is 24.2 Å². The van der Waals surface area contributed by atoms with Gasteiger partial charge in [0, 0.05) is 18.3 Å². The van der Waals surface area contributed by atoms with Crippen molar-refractivity contribution < 1.29 is 9.13 Å². The summed E-state index contributed by atoms with van der Waals surface area (Å²) in [4.78, 5) is 3.96. The van der Waals surface area contributed by atoms with E-state index in [2.05, 4.69) is 10.3 Å². The topological polar surface area (TPSA) is 34.2 Å². The van der Waals surface area contributed by atoms with Crippen LogP contribution in [0.3, 0.4) is 0 Å². The molecule has 1 aromatic heterocycles. The fourth-order valence-corrected chi connectivity index (χ4v) is 1.83.